The average molecular weight is 635 g/mol. The summed E-state index contributed by atoms with van der Waals surface area (Å²) in [5.74, 6) is -6.79. The molecule has 1 atom stereocenters. The van der Waals surface area contributed by atoms with E-state index >= 15 is 0 Å². The minimum atomic E-state index is -4.74. The maximum atomic E-state index is 13.5. The van der Waals surface area contributed by atoms with Gasteiger partial charge in [-0.25, -0.2) is 34.7 Å². The van der Waals surface area contributed by atoms with Crippen LogP contribution in [0, 0.1) is 38.2 Å². The molecule has 0 aromatic heterocycles. The van der Waals surface area contributed by atoms with Crippen LogP contribution in [0.1, 0.15) is 55.4 Å². The van der Waals surface area contributed by atoms with Crippen LogP contribution in [-0.2, 0) is 31.3 Å². The SMILES string of the molecule is Cc1c(C)c(S(=O)(=O)NC(N)=NCCC[C@@H](NS(=O)(=O)c2cc(F)c(F)c(F)c2)C(=O)O)c(C)c2c1OC(C)(C)CC2. The molecule has 0 bridgehead atoms. The van der Waals surface area contributed by atoms with Gasteiger partial charge in [0.15, 0.2) is 17.5 Å². The zero-order valence-corrected chi connectivity index (χ0v) is 25.3. The lowest BCUT2D eigenvalue weighted by Gasteiger charge is -2.35. The van der Waals surface area contributed by atoms with Crippen LogP contribution in [0.2, 0.25) is 0 Å². The number of ether oxygens (including phenoxy) is 1. The van der Waals surface area contributed by atoms with E-state index in [1.165, 1.54) is 0 Å². The van der Waals surface area contributed by atoms with Gasteiger partial charge in [0.2, 0.25) is 16.0 Å². The van der Waals surface area contributed by atoms with Crippen LogP contribution in [0.4, 0.5) is 13.2 Å². The number of fused-ring (bicyclic) bond motifs is 1. The number of nitrogens with zero attached hydrogens (tertiary/aromatic N) is 1. The van der Waals surface area contributed by atoms with Crippen LogP contribution in [0.3, 0.4) is 0 Å². The van der Waals surface area contributed by atoms with Crippen molar-refractivity contribution in [3.63, 3.8) is 0 Å². The van der Waals surface area contributed by atoms with Crippen LogP contribution in [-0.4, -0.2) is 52.1 Å². The first-order chi connectivity index (χ1) is 19.3. The van der Waals surface area contributed by atoms with Gasteiger partial charge in [-0.15, -0.1) is 0 Å². The van der Waals surface area contributed by atoms with Gasteiger partial charge in [0.1, 0.15) is 17.4 Å². The Balaban J connectivity index is 1.70. The number of rotatable bonds is 10. The fourth-order valence-corrected chi connectivity index (χ4v) is 7.41. The van der Waals surface area contributed by atoms with Crippen LogP contribution < -0.4 is 19.9 Å². The number of nitrogens with two attached hydrogens (primary N) is 1. The number of hydrogen-bond donors (Lipinski definition) is 4. The molecule has 3 rings (SSSR count). The summed E-state index contributed by atoms with van der Waals surface area (Å²) in [7, 11) is -8.91. The fourth-order valence-electron chi connectivity index (χ4n) is 4.64. The molecule has 1 aliphatic heterocycles. The van der Waals surface area contributed by atoms with Crippen LogP contribution >= 0.6 is 0 Å². The molecule has 0 fully saturated rings. The van der Waals surface area contributed by atoms with Crippen molar-refractivity contribution >= 4 is 32.0 Å². The van der Waals surface area contributed by atoms with Crippen molar-refractivity contribution < 1.29 is 44.6 Å². The molecule has 0 spiro atoms. The highest BCUT2D eigenvalue weighted by atomic mass is 32.2. The largest absolute Gasteiger partial charge is 0.487 e. The average Bonchev–Trinajstić information content (AvgIpc) is 2.86. The van der Waals surface area contributed by atoms with E-state index in [2.05, 4.69) is 9.71 Å². The summed E-state index contributed by atoms with van der Waals surface area (Å²) < 4.78 is 102. The number of guanidine groups is 1. The molecular weight excluding hydrogens is 601 g/mol. The molecule has 2 aromatic rings. The zero-order chi connectivity index (χ0) is 31.8. The van der Waals surface area contributed by atoms with E-state index in [-0.39, 0.29) is 42.0 Å². The van der Waals surface area contributed by atoms with Crippen molar-refractivity contribution in [2.24, 2.45) is 10.7 Å². The minimum absolute atomic E-state index is 0.0502. The molecule has 1 heterocycles. The van der Waals surface area contributed by atoms with Crippen LogP contribution in [0.5, 0.6) is 5.75 Å². The number of sulfonamides is 2. The van der Waals surface area contributed by atoms with Crippen molar-refractivity contribution in [1.29, 1.82) is 0 Å². The molecule has 0 amide bonds. The first-order valence-corrected chi connectivity index (χ1v) is 15.8. The van der Waals surface area contributed by atoms with E-state index in [4.69, 9.17) is 10.5 Å². The molecule has 11 nitrogen and oxygen atoms in total. The highest BCUT2D eigenvalue weighted by Crippen LogP contribution is 2.42. The minimum Gasteiger partial charge on any atom is -0.487 e. The summed E-state index contributed by atoms with van der Waals surface area (Å²) in [4.78, 5) is 14.6. The third kappa shape index (κ3) is 7.15. The Bertz CT molecular complexity index is 1640. The highest BCUT2D eigenvalue weighted by molar-refractivity contribution is 7.90. The molecular formula is C26H33F3N4O7S2. The van der Waals surface area contributed by atoms with Gasteiger partial charge >= 0.3 is 5.97 Å². The topological polar surface area (TPSA) is 177 Å². The normalized spacial score (nSPS) is 16.0. The van der Waals surface area contributed by atoms with Crippen molar-refractivity contribution in [2.75, 3.05) is 6.54 Å². The predicted molar refractivity (Wildman–Crippen MR) is 148 cm³/mol. The number of halogens is 3. The third-order valence-electron chi connectivity index (χ3n) is 6.97. The molecule has 0 aliphatic carbocycles. The lowest BCUT2D eigenvalue weighted by Crippen LogP contribution is -2.41. The van der Waals surface area contributed by atoms with Crippen molar-refractivity contribution in [2.45, 2.75) is 81.7 Å². The Morgan fingerprint density at radius 3 is 2.24 bits per heavy atom. The number of benzene rings is 2. The molecule has 0 saturated carbocycles. The van der Waals surface area contributed by atoms with E-state index < -0.39 is 60.4 Å². The standard InChI is InChI=1S/C26H33F3N4O7S2/c1-13-14(2)23(15(3)17-8-9-26(4,5)40-22(13)17)42(38,39)33-25(30)31-10-6-7-20(24(34)35)32-41(36,37)16-11-18(27)21(29)19(28)12-16/h11-12,20,32H,6-10H2,1-5H3,(H,34,35)(H3,30,31,33)/t20-/m1/s1. The summed E-state index contributed by atoms with van der Waals surface area (Å²) >= 11 is 0. The van der Waals surface area contributed by atoms with E-state index in [0.717, 1.165) is 5.56 Å². The summed E-state index contributed by atoms with van der Waals surface area (Å²) in [6.45, 7) is 8.87. The lowest BCUT2D eigenvalue weighted by molar-refractivity contribution is -0.139. The van der Waals surface area contributed by atoms with E-state index in [0.29, 0.717) is 35.3 Å². The van der Waals surface area contributed by atoms with Gasteiger partial charge in [-0.2, -0.15) is 4.72 Å². The molecule has 232 valence electrons. The molecule has 16 heteroatoms. The quantitative estimate of drug-likeness (QED) is 0.133. The third-order valence-corrected chi connectivity index (χ3v) is 10.0. The van der Waals surface area contributed by atoms with Crippen molar-refractivity contribution in [1.82, 2.24) is 9.44 Å². The van der Waals surface area contributed by atoms with Crippen molar-refractivity contribution in [3.8, 4) is 5.75 Å². The Kier molecular flexibility index (Phi) is 9.54. The predicted octanol–water partition coefficient (Wildman–Crippen LogP) is 2.94. The van der Waals surface area contributed by atoms with Crippen LogP contribution in [0.15, 0.2) is 26.9 Å². The highest BCUT2D eigenvalue weighted by Gasteiger charge is 2.34. The number of nitrogens with one attached hydrogen (secondary N) is 2. The lowest BCUT2D eigenvalue weighted by atomic mass is 9.88. The number of carboxylic acids is 1. The van der Waals surface area contributed by atoms with Crippen LogP contribution in [0.25, 0.3) is 0 Å². The molecule has 1 aliphatic rings. The number of carboxylic acid groups (broad SMARTS) is 1. The number of aliphatic imine (C=N–C) groups is 1. The molecule has 0 unspecified atom stereocenters. The number of hydrogen-bond acceptors (Lipinski definition) is 7. The second kappa shape index (κ2) is 12.1. The summed E-state index contributed by atoms with van der Waals surface area (Å²) in [5.41, 5.74) is 7.92. The fraction of sp³-hybridized carbons (Fsp3) is 0.462. The molecule has 5 N–H and O–H groups in total. The maximum Gasteiger partial charge on any atom is 0.321 e. The second-order valence-electron chi connectivity index (χ2n) is 10.6. The number of carbonyl (C=O) groups is 1. The first-order valence-electron chi connectivity index (χ1n) is 12.8. The smallest absolute Gasteiger partial charge is 0.321 e. The van der Waals surface area contributed by atoms with Gasteiger partial charge in [0.05, 0.1) is 9.79 Å². The van der Waals surface area contributed by atoms with E-state index in [1.807, 2.05) is 13.8 Å². The van der Waals surface area contributed by atoms with Gasteiger partial charge in [-0.05, 0) is 94.7 Å². The van der Waals surface area contributed by atoms with Gasteiger partial charge in [-0.1, -0.05) is 0 Å². The summed E-state index contributed by atoms with van der Waals surface area (Å²) in [6, 6.07) is -1.30. The Labute approximate surface area is 242 Å². The Morgan fingerprint density at radius 1 is 1.07 bits per heavy atom. The monoisotopic (exact) mass is 634 g/mol. The maximum absolute atomic E-state index is 13.5. The zero-order valence-electron chi connectivity index (χ0n) is 23.6. The molecule has 2 aromatic carbocycles. The number of aliphatic carboxylic acids is 1. The molecule has 0 saturated heterocycles. The summed E-state index contributed by atoms with van der Waals surface area (Å²) in [5, 5.41) is 9.42. The van der Waals surface area contributed by atoms with E-state index in [9.17, 15) is 39.9 Å². The summed E-state index contributed by atoms with van der Waals surface area (Å²) in [6.07, 6.45) is 0.909. The van der Waals surface area contributed by atoms with Gasteiger partial charge in [0.25, 0.3) is 10.0 Å². The van der Waals surface area contributed by atoms with Gasteiger partial charge < -0.3 is 15.6 Å². The van der Waals surface area contributed by atoms with E-state index in [1.54, 1.807) is 25.5 Å². The molecule has 42 heavy (non-hydrogen) atoms. The van der Waals surface area contributed by atoms with Crippen molar-refractivity contribution in [3.05, 3.63) is 51.8 Å². The second-order valence-corrected chi connectivity index (χ2v) is 13.9. The molecule has 0 radical (unpaired) electrons. The Hall–Kier alpha value is -3.37. The first kappa shape index (κ1) is 33.1. The Morgan fingerprint density at radius 2 is 1.67 bits per heavy atom. The van der Waals surface area contributed by atoms with Gasteiger partial charge in [0, 0.05) is 6.54 Å². The van der Waals surface area contributed by atoms with Gasteiger partial charge in [-0.3, -0.25) is 9.79 Å².